The van der Waals surface area contributed by atoms with Crippen molar-refractivity contribution in [2.45, 2.75) is 6.42 Å². The van der Waals surface area contributed by atoms with Crippen LogP contribution in [0.25, 0.3) is 10.9 Å². The molecule has 1 atom stereocenters. The number of nitrogens with zero attached hydrogens (tertiary/aromatic N) is 1. The van der Waals surface area contributed by atoms with E-state index in [1.54, 1.807) is 10.6 Å². The minimum absolute atomic E-state index is 0.0435. The Morgan fingerprint density at radius 1 is 1.42 bits per heavy atom. The van der Waals surface area contributed by atoms with Crippen molar-refractivity contribution in [2.75, 3.05) is 23.4 Å². The first-order chi connectivity index (χ1) is 9.25. The van der Waals surface area contributed by atoms with Gasteiger partial charge < -0.3 is 9.88 Å². The first-order valence-electron chi connectivity index (χ1n) is 6.66. The van der Waals surface area contributed by atoms with Crippen molar-refractivity contribution < 1.29 is 0 Å². The average Bonchev–Trinajstić information content (AvgIpc) is 2.95. The summed E-state index contributed by atoms with van der Waals surface area (Å²) in [7, 11) is 1.82. The van der Waals surface area contributed by atoms with Crippen LogP contribution in [0.2, 0.25) is 0 Å². The topological polar surface area (TPSA) is 34.0 Å². The molecule has 1 aromatic heterocycles. The monoisotopic (exact) mass is 274 g/mol. The van der Waals surface area contributed by atoms with Crippen molar-refractivity contribution in [3.63, 3.8) is 0 Å². The van der Waals surface area contributed by atoms with Crippen LogP contribution in [0.3, 0.4) is 0 Å². The molecule has 3 nitrogen and oxygen atoms in total. The molecule has 0 saturated carbocycles. The molecular formula is C15H18N2OS. The van der Waals surface area contributed by atoms with E-state index in [0.29, 0.717) is 0 Å². The molecule has 4 heteroatoms. The van der Waals surface area contributed by atoms with Gasteiger partial charge in [0.15, 0.2) is 0 Å². The highest BCUT2D eigenvalue weighted by molar-refractivity contribution is 7.99. The second-order valence-electron chi connectivity index (χ2n) is 5.08. The van der Waals surface area contributed by atoms with Gasteiger partial charge in [0.2, 0.25) is 0 Å². The fourth-order valence-electron chi connectivity index (χ4n) is 2.56. The summed E-state index contributed by atoms with van der Waals surface area (Å²) in [6, 6.07) is 9.76. The average molecular weight is 274 g/mol. The number of pyridine rings is 1. The van der Waals surface area contributed by atoms with E-state index >= 15 is 0 Å². The van der Waals surface area contributed by atoms with Crippen LogP contribution in [-0.4, -0.2) is 22.6 Å². The summed E-state index contributed by atoms with van der Waals surface area (Å²) in [6.07, 6.45) is 1.28. The van der Waals surface area contributed by atoms with Crippen molar-refractivity contribution in [1.29, 1.82) is 0 Å². The lowest BCUT2D eigenvalue weighted by atomic mass is 10.1. The largest absolute Gasteiger partial charge is 0.384 e. The summed E-state index contributed by atoms with van der Waals surface area (Å²) in [6.45, 7) is 0.962. The third-order valence-corrected chi connectivity index (χ3v) is 4.99. The summed E-state index contributed by atoms with van der Waals surface area (Å²) >= 11 is 2.02. The van der Waals surface area contributed by atoms with Crippen molar-refractivity contribution in [1.82, 2.24) is 4.57 Å². The van der Waals surface area contributed by atoms with E-state index in [9.17, 15) is 4.79 Å². The highest BCUT2D eigenvalue weighted by atomic mass is 32.2. The molecule has 1 unspecified atom stereocenters. The van der Waals surface area contributed by atoms with E-state index < -0.39 is 0 Å². The molecule has 2 aromatic rings. The zero-order valence-corrected chi connectivity index (χ0v) is 11.9. The van der Waals surface area contributed by atoms with Crippen LogP contribution in [-0.2, 0) is 7.05 Å². The molecular weight excluding hydrogens is 256 g/mol. The van der Waals surface area contributed by atoms with Crippen LogP contribution in [0.15, 0.2) is 35.1 Å². The molecule has 1 fully saturated rings. The highest BCUT2D eigenvalue weighted by Gasteiger charge is 2.15. The smallest absolute Gasteiger partial charge is 0.252 e. The Morgan fingerprint density at radius 3 is 3.05 bits per heavy atom. The number of aromatic nitrogens is 1. The summed E-state index contributed by atoms with van der Waals surface area (Å²) in [5.41, 5.74) is 2.00. The first kappa shape index (κ1) is 12.6. The van der Waals surface area contributed by atoms with Gasteiger partial charge in [-0.2, -0.15) is 11.8 Å². The van der Waals surface area contributed by atoms with Gasteiger partial charge in [-0.25, -0.2) is 0 Å². The van der Waals surface area contributed by atoms with Crippen molar-refractivity contribution in [3.05, 3.63) is 40.7 Å². The summed E-state index contributed by atoms with van der Waals surface area (Å²) in [5.74, 6) is 3.23. The summed E-state index contributed by atoms with van der Waals surface area (Å²) < 4.78 is 1.70. The molecule has 3 rings (SSSR count). The Balaban J connectivity index is 1.94. The quantitative estimate of drug-likeness (QED) is 0.934. The zero-order valence-electron chi connectivity index (χ0n) is 11.1. The Morgan fingerprint density at radius 2 is 2.26 bits per heavy atom. The molecule has 19 heavy (non-hydrogen) atoms. The van der Waals surface area contributed by atoms with Gasteiger partial charge in [-0.05, 0) is 29.9 Å². The lowest BCUT2D eigenvalue weighted by Crippen LogP contribution is -2.19. The van der Waals surface area contributed by atoms with E-state index in [2.05, 4.69) is 11.4 Å². The predicted molar refractivity (Wildman–Crippen MR) is 83.1 cm³/mol. The van der Waals surface area contributed by atoms with Gasteiger partial charge in [-0.1, -0.05) is 18.2 Å². The van der Waals surface area contributed by atoms with Crippen LogP contribution in [0.5, 0.6) is 0 Å². The molecule has 0 amide bonds. The lowest BCUT2D eigenvalue weighted by Gasteiger charge is -2.14. The van der Waals surface area contributed by atoms with Crippen molar-refractivity contribution in [3.8, 4) is 0 Å². The molecule has 1 aliphatic heterocycles. The minimum atomic E-state index is 0.0435. The number of anilines is 1. The number of rotatable bonds is 3. The third kappa shape index (κ3) is 2.50. The number of thioether (sulfide) groups is 1. The molecule has 100 valence electrons. The lowest BCUT2D eigenvalue weighted by molar-refractivity contribution is 0.632. The van der Waals surface area contributed by atoms with E-state index in [0.717, 1.165) is 29.1 Å². The fraction of sp³-hybridized carbons (Fsp3) is 0.400. The molecule has 2 heterocycles. The second kappa shape index (κ2) is 5.29. The second-order valence-corrected chi connectivity index (χ2v) is 6.23. The van der Waals surface area contributed by atoms with Gasteiger partial charge in [0.1, 0.15) is 0 Å². The van der Waals surface area contributed by atoms with Gasteiger partial charge >= 0.3 is 0 Å². The summed E-state index contributed by atoms with van der Waals surface area (Å²) in [4.78, 5) is 12.0. The first-order valence-corrected chi connectivity index (χ1v) is 7.81. The van der Waals surface area contributed by atoms with E-state index in [4.69, 9.17) is 0 Å². The molecule has 0 spiro atoms. The van der Waals surface area contributed by atoms with E-state index in [-0.39, 0.29) is 5.56 Å². The molecule has 0 aliphatic carbocycles. The van der Waals surface area contributed by atoms with Crippen molar-refractivity contribution in [2.24, 2.45) is 13.0 Å². The van der Waals surface area contributed by atoms with Gasteiger partial charge in [0, 0.05) is 30.7 Å². The SMILES string of the molecule is Cn1c(=O)cc(NCC2CCSC2)c2ccccc21. The number of para-hydroxylation sites is 1. The Bertz CT molecular complexity index is 644. The maximum Gasteiger partial charge on any atom is 0.252 e. The Hall–Kier alpha value is -1.42. The van der Waals surface area contributed by atoms with Gasteiger partial charge in [-0.15, -0.1) is 0 Å². The minimum Gasteiger partial charge on any atom is -0.384 e. The van der Waals surface area contributed by atoms with Crippen LogP contribution in [0.4, 0.5) is 5.69 Å². The van der Waals surface area contributed by atoms with Gasteiger partial charge in [0.05, 0.1) is 5.52 Å². The van der Waals surface area contributed by atoms with E-state index in [1.807, 2.05) is 37.0 Å². The number of benzene rings is 1. The number of nitrogens with one attached hydrogen (secondary N) is 1. The normalized spacial score (nSPS) is 18.9. The number of hydrogen-bond donors (Lipinski definition) is 1. The van der Waals surface area contributed by atoms with Crippen molar-refractivity contribution >= 4 is 28.4 Å². The summed E-state index contributed by atoms with van der Waals surface area (Å²) in [5, 5.41) is 4.59. The number of aryl methyl sites for hydroxylation is 1. The fourth-order valence-corrected chi connectivity index (χ4v) is 3.84. The molecule has 1 aliphatic rings. The highest BCUT2D eigenvalue weighted by Crippen LogP contribution is 2.25. The molecule has 0 bridgehead atoms. The van der Waals surface area contributed by atoms with Crippen LogP contribution < -0.4 is 10.9 Å². The van der Waals surface area contributed by atoms with Crippen LogP contribution in [0.1, 0.15) is 6.42 Å². The molecule has 1 aromatic carbocycles. The molecule has 0 radical (unpaired) electrons. The molecule has 1 saturated heterocycles. The zero-order chi connectivity index (χ0) is 13.2. The standard InChI is InChI=1S/C15H18N2OS/c1-17-14-5-3-2-4-12(14)13(8-15(17)18)16-9-11-6-7-19-10-11/h2-5,8,11,16H,6-7,9-10H2,1H3. The maximum absolute atomic E-state index is 12.0. The van der Waals surface area contributed by atoms with Crippen LogP contribution in [0, 0.1) is 5.92 Å². The Labute approximate surface area is 117 Å². The van der Waals surface area contributed by atoms with E-state index in [1.165, 1.54) is 17.9 Å². The number of fused-ring (bicyclic) bond motifs is 1. The predicted octanol–water partition coefficient (Wildman–Crippen LogP) is 2.70. The maximum atomic E-state index is 12.0. The molecule has 1 N–H and O–H groups in total. The number of hydrogen-bond acceptors (Lipinski definition) is 3. The van der Waals surface area contributed by atoms with Gasteiger partial charge in [0.25, 0.3) is 5.56 Å². The van der Waals surface area contributed by atoms with Crippen LogP contribution >= 0.6 is 11.8 Å². The Kier molecular flexibility index (Phi) is 3.51. The van der Waals surface area contributed by atoms with Gasteiger partial charge in [-0.3, -0.25) is 4.79 Å². The third-order valence-electron chi connectivity index (χ3n) is 3.76.